The van der Waals surface area contributed by atoms with Gasteiger partial charge in [0.15, 0.2) is 5.69 Å². The Morgan fingerprint density at radius 2 is 1.89 bits per heavy atom. The molecule has 1 spiro atoms. The van der Waals surface area contributed by atoms with Crippen molar-refractivity contribution in [1.29, 1.82) is 0 Å². The van der Waals surface area contributed by atoms with Crippen LogP contribution in [0.15, 0.2) is 18.2 Å². The molecule has 1 aromatic heterocycles. The molecule has 28 heavy (non-hydrogen) atoms. The summed E-state index contributed by atoms with van der Waals surface area (Å²) in [6, 6.07) is 4.90. The van der Waals surface area contributed by atoms with Gasteiger partial charge in [-0.25, -0.2) is 5.14 Å². The number of nitrogens with zero attached hydrogens (tertiary/aromatic N) is 4. The number of rotatable bonds is 3. The molecular formula is C17H20F3N5O2S. The molecule has 0 amide bonds. The van der Waals surface area contributed by atoms with Crippen molar-refractivity contribution in [2.75, 3.05) is 25.0 Å². The SMILES string of the molecule is Cc1ccc2c(N3CC4(CC(N(C)S(N)(=O)=O)C4)C3)c(C(F)(F)F)nnc2c1. The lowest BCUT2D eigenvalue weighted by atomic mass is 9.60. The molecule has 11 heteroatoms. The Kier molecular flexibility index (Phi) is 4.15. The van der Waals surface area contributed by atoms with Crippen LogP contribution in [0.4, 0.5) is 18.9 Å². The number of fused-ring (bicyclic) bond motifs is 1. The Labute approximate surface area is 160 Å². The minimum absolute atomic E-state index is 0.0476. The maximum atomic E-state index is 13.5. The summed E-state index contributed by atoms with van der Waals surface area (Å²) in [4.78, 5) is 1.67. The van der Waals surface area contributed by atoms with Crippen molar-refractivity contribution in [1.82, 2.24) is 14.5 Å². The third-order valence-electron chi connectivity index (χ3n) is 5.78. The Bertz CT molecular complexity index is 1040. The first-order valence-electron chi connectivity index (χ1n) is 8.75. The molecule has 2 N–H and O–H groups in total. The molecule has 1 aliphatic carbocycles. The molecule has 0 radical (unpaired) electrons. The third-order valence-corrected chi connectivity index (χ3v) is 6.88. The van der Waals surface area contributed by atoms with Crippen molar-refractivity contribution in [2.24, 2.45) is 10.6 Å². The van der Waals surface area contributed by atoms with Gasteiger partial charge in [-0.1, -0.05) is 12.1 Å². The van der Waals surface area contributed by atoms with Crippen molar-refractivity contribution in [3.8, 4) is 0 Å². The predicted molar refractivity (Wildman–Crippen MR) is 97.8 cm³/mol. The summed E-state index contributed by atoms with van der Waals surface area (Å²) in [5.74, 6) is 0. The highest BCUT2D eigenvalue weighted by Crippen LogP contribution is 2.53. The van der Waals surface area contributed by atoms with Crippen molar-refractivity contribution >= 4 is 26.8 Å². The number of hydrogen-bond donors (Lipinski definition) is 1. The molecule has 0 unspecified atom stereocenters. The maximum Gasteiger partial charge on any atom is 0.437 e. The lowest BCUT2D eigenvalue weighted by Crippen LogP contribution is -2.67. The van der Waals surface area contributed by atoms with Gasteiger partial charge in [-0.05, 0) is 31.4 Å². The van der Waals surface area contributed by atoms with Crippen LogP contribution in [0.5, 0.6) is 0 Å². The fourth-order valence-electron chi connectivity index (χ4n) is 4.30. The molecule has 2 aromatic rings. The van der Waals surface area contributed by atoms with Gasteiger partial charge in [0.05, 0.1) is 11.2 Å². The van der Waals surface area contributed by atoms with Gasteiger partial charge < -0.3 is 4.90 Å². The van der Waals surface area contributed by atoms with Crippen LogP contribution >= 0.6 is 0 Å². The topological polar surface area (TPSA) is 92.4 Å². The number of alkyl halides is 3. The minimum atomic E-state index is -4.61. The summed E-state index contributed by atoms with van der Waals surface area (Å²) >= 11 is 0. The summed E-state index contributed by atoms with van der Waals surface area (Å²) < 4.78 is 64.7. The normalized spacial score (nSPS) is 19.9. The van der Waals surface area contributed by atoms with Crippen LogP contribution in [0, 0.1) is 12.3 Å². The van der Waals surface area contributed by atoms with Gasteiger partial charge >= 0.3 is 6.18 Å². The van der Waals surface area contributed by atoms with Gasteiger partial charge in [0, 0.05) is 37.0 Å². The second-order valence-corrected chi connectivity index (χ2v) is 9.50. The lowest BCUT2D eigenvalue weighted by molar-refractivity contribution is -0.141. The Morgan fingerprint density at radius 1 is 1.25 bits per heavy atom. The Balaban J connectivity index is 1.61. The molecule has 1 aliphatic heterocycles. The summed E-state index contributed by atoms with van der Waals surface area (Å²) in [6.45, 7) is 2.67. The van der Waals surface area contributed by atoms with Crippen molar-refractivity contribution < 1.29 is 21.6 Å². The van der Waals surface area contributed by atoms with Crippen molar-refractivity contribution in [3.63, 3.8) is 0 Å². The smallest absolute Gasteiger partial charge is 0.368 e. The van der Waals surface area contributed by atoms with E-state index in [0.717, 1.165) is 9.87 Å². The Morgan fingerprint density at radius 3 is 2.46 bits per heavy atom. The summed E-state index contributed by atoms with van der Waals surface area (Å²) in [5.41, 5.74) is 0.180. The zero-order valence-corrected chi connectivity index (χ0v) is 16.2. The number of aromatic nitrogens is 2. The van der Waals surface area contributed by atoms with E-state index in [2.05, 4.69) is 10.2 Å². The van der Waals surface area contributed by atoms with Gasteiger partial charge in [0.1, 0.15) is 0 Å². The number of benzene rings is 1. The van der Waals surface area contributed by atoms with E-state index in [1.165, 1.54) is 7.05 Å². The van der Waals surface area contributed by atoms with Crippen molar-refractivity contribution in [2.45, 2.75) is 32.0 Å². The molecule has 4 rings (SSSR count). The van der Waals surface area contributed by atoms with Gasteiger partial charge in [0.2, 0.25) is 0 Å². The first kappa shape index (κ1) is 19.3. The monoisotopic (exact) mass is 415 g/mol. The molecular weight excluding hydrogens is 395 g/mol. The van der Waals surface area contributed by atoms with Gasteiger partial charge in [-0.15, -0.1) is 10.2 Å². The zero-order chi connectivity index (χ0) is 20.5. The average Bonchev–Trinajstić information content (AvgIpc) is 2.49. The molecule has 0 bridgehead atoms. The van der Waals surface area contributed by atoms with Crippen LogP contribution in [0.1, 0.15) is 24.1 Å². The number of halogens is 3. The number of aryl methyl sites for hydroxylation is 1. The lowest BCUT2D eigenvalue weighted by Gasteiger charge is -2.61. The van der Waals surface area contributed by atoms with E-state index < -0.39 is 22.1 Å². The third kappa shape index (κ3) is 3.11. The second kappa shape index (κ2) is 6.01. The molecule has 7 nitrogen and oxygen atoms in total. The number of anilines is 1. The van der Waals surface area contributed by atoms with Crippen LogP contribution in [-0.4, -0.2) is 49.1 Å². The molecule has 152 valence electrons. The zero-order valence-electron chi connectivity index (χ0n) is 15.4. The standard InChI is InChI=1S/C17H20F3N5O2S/c1-10-3-4-12-13(5-10)22-23-15(17(18,19)20)14(12)25-8-16(9-25)6-11(7-16)24(2)28(21,26)27/h3-5,11H,6-9H2,1-2H3,(H2,21,26,27). The predicted octanol–water partition coefficient (Wildman–Crippen LogP) is 2.06. The van der Waals surface area contributed by atoms with Crippen molar-refractivity contribution in [3.05, 3.63) is 29.5 Å². The highest BCUT2D eigenvalue weighted by molar-refractivity contribution is 7.86. The molecule has 2 aliphatic rings. The quantitative estimate of drug-likeness (QED) is 0.829. The molecule has 1 saturated heterocycles. The summed E-state index contributed by atoms with van der Waals surface area (Å²) in [6.07, 6.45) is -3.46. The van der Waals surface area contributed by atoms with E-state index in [1.807, 2.05) is 6.92 Å². The van der Waals surface area contributed by atoms with E-state index in [0.29, 0.717) is 36.8 Å². The molecule has 1 aromatic carbocycles. The Hall–Kier alpha value is -1.98. The van der Waals surface area contributed by atoms with Crippen LogP contribution in [0.25, 0.3) is 10.9 Å². The summed E-state index contributed by atoms with van der Waals surface area (Å²) in [5, 5.41) is 12.8. The molecule has 0 atom stereocenters. The van der Waals surface area contributed by atoms with E-state index in [9.17, 15) is 21.6 Å². The molecule has 2 fully saturated rings. The first-order chi connectivity index (χ1) is 12.9. The fraction of sp³-hybridized carbons (Fsp3) is 0.529. The van der Waals surface area contributed by atoms with E-state index in [4.69, 9.17) is 5.14 Å². The second-order valence-electron chi connectivity index (χ2n) is 7.89. The van der Waals surface area contributed by atoms with Gasteiger partial charge in [-0.3, -0.25) is 0 Å². The fourth-order valence-corrected chi connectivity index (χ4v) is 4.86. The first-order valence-corrected chi connectivity index (χ1v) is 10.2. The van der Waals surface area contributed by atoms with Gasteiger partial charge in [0.25, 0.3) is 10.2 Å². The van der Waals surface area contributed by atoms with Crippen LogP contribution < -0.4 is 10.0 Å². The number of hydrogen-bond acceptors (Lipinski definition) is 5. The summed E-state index contributed by atoms with van der Waals surface area (Å²) in [7, 11) is -2.34. The van der Waals surface area contributed by atoms with E-state index >= 15 is 0 Å². The minimum Gasteiger partial charge on any atom is -0.368 e. The highest BCUT2D eigenvalue weighted by atomic mass is 32.2. The largest absolute Gasteiger partial charge is 0.437 e. The molecule has 2 heterocycles. The van der Waals surface area contributed by atoms with Crippen LogP contribution in [0.3, 0.4) is 0 Å². The van der Waals surface area contributed by atoms with Gasteiger partial charge in [-0.2, -0.15) is 25.9 Å². The number of nitrogens with two attached hydrogens (primary N) is 1. The highest BCUT2D eigenvalue weighted by Gasteiger charge is 2.56. The van der Waals surface area contributed by atoms with E-state index in [-0.39, 0.29) is 17.1 Å². The maximum absolute atomic E-state index is 13.5. The van der Waals surface area contributed by atoms with Crippen LogP contribution in [-0.2, 0) is 16.4 Å². The van der Waals surface area contributed by atoms with E-state index in [1.54, 1.807) is 23.1 Å². The average molecular weight is 415 g/mol. The molecule has 1 saturated carbocycles. The van der Waals surface area contributed by atoms with Crippen LogP contribution in [0.2, 0.25) is 0 Å².